The number of hydrogen-bond acceptors (Lipinski definition) is 3. The van der Waals surface area contributed by atoms with Crippen LogP contribution < -0.4 is 0 Å². The van der Waals surface area contributed by atoms with Crippen LogP contribution in [0.25, 0.3) is 0 Å². The van der Waals surface area contributed by atoms with Gasteiger partial charge >= 0.3 is 8.03 Å². The van der Waals surface area contributed by atoms with E-state index in [1.165, 1.54) is 0 Å². The van der Waals surface area contributed by atoms with Gasteiger partial charge in [-0.25, -0.2) is 0 Å². The summed E-state index contributed by atoms with van der Waals surface area (Å²) in [7, 11) is -2.34. The number of aliphatic hydroxyl groups is 2. The van der Waals surface area contributed by atoms with Crippen molar-refractivity contribution in [3.63, 3.8) is 0 Å². The van der Waals surface area contributed by atoms with Crippen molar-refractivity contribution in [2.75, 3.05) is 0 Å². The van der Waals surface area contributed by atoms with E-state index in [1.807, 2.05) is 0 Å². The van der Waals surface area contributed by atoms with Gasteiger partial charge in [-0.05, 0) is 23.8 Å². The molecule has 5 heteroatoms. The van der Waals surface area contributed by atoms with Crippen LogP contribution in [0.1, 0.15) is 19.3 Å². The molecule has 0 spiro atoms. The summed E-state index contributed by atoms with van der Waals surface area (Å²) in [5.74, 6) is 0. The van der Waals surface area contributed by atoms with Crippen molar-refractivity contribution in [2.45, 2.75) is 37.1 Å². The van der Waals surface area contributed by atoms with Crippen LogP contribution in [0.2, 0.25) is 0 Å². The minimum atomic E-state index is -2.34. The van der Waals surface area contributed by atoms with E-state index in [0.717, 1.165) is 0 Å². The zero-order valence-electron chi connectivity index (χ0n) is 6.05. The maximum Gasteiger partial charge on any atom is 0.511 e. The first-order valence-electron chi connectivity index (χ1n) is 3.64. The second-order valence-corrected chi connectivity index (χ2v) is 4.13. The highest BCUT2D eigenvalue weighted by Gasteiger charge is 2.42. The highest BCUT2D eigenvalue weighted by molar-refractivity contribution is 7.39. The molecular formula is C6H12O4P+. The normalized spacial score (nSPS) is 40.3. The Morgan fingerprint density at radius 1 is 1.27 bits per heavy atom. The molecule has 0 heterocycles. The van der Waals surface area contributed by atoms with Crippen LogP contribution in [0.4, 0.5) is 0 Å². The Bertz CT molecular complexity index is 161. The first-order chi connectivity index (χ1) is 5.13. The summed E-state index contributed by atoms with van der Waals surface area (Å²) in [6.45, 7) is 0. The summed E-state index contributed by atoms with van der Waals surface area (Å²) >= 11 is 0. The molecule has 11 heavy (non-hydrogen) atoms. The fourth-order valence-corrected chi connectivity index (χ4v) is 2.24. The third-order valence-electron chi connectivity index (χ3n) is 2.07. The van der Waals surface area contributed by atoms with Gasteiger partial charge in [-0.1, -0.05) is 0 Å². The minimum Gasteiger partial charge on any atom is -0.390 e. The summed E-state index contributed by atoms with van der Waals surface area (Å²) < 4.78 is 10.6. The van der Waals surface area contributed by atoms with Gasteiger partial charge in [-0.2, -0.15) is 4.89 Å². The monoisotopic (exact) mass is 179 g/mol. The molecule has 0 radical (unpaired) electrons. The lowest BCUT2D eigenvalue weighted by atomic mass is 9.94. The minimum absolute atomic E-state index is 0.529. The number of hydrogen-bond donors (Lipinski definition) is 3. The van der Waals surface area contributed by atoms with Crippen LogP contribution in [0, 0.1) is 0 Å². The fraction of sp³-hybridized carbons (Fsp3) is 1.00. The highest BCUT2D eigenvalue weighted by atomic mass is 31.1. The number of rotatable bonds is 1. The molecular weight excluding hydrogens is 167 g/mol. The first-order valence-corrected chi connectivity index (χ1v) is 4.92. The van der Waals surface area contributed by atoms with E-state index in [0.29, 0.717) is 19.3 Å². The average molecular weight is 179 g/mol. The van der Waals surface area contributed by atoms with Gasteiger partial charge in [-0.15, -0.1) is 0 Å². The van der Waals surface area contributed by atoms with Gasteiger partial charge in [0.2, 0.25) is 5.66 Å². The molecule has 0 amide bonds. The zero-order chi connectivity index (χ0) is 8.43. The zero-order valence-corrected chi connectivity index (χ0v) is 6.94. The Labute approximate surface area is 65.7 Å². The molecule has 0 bridgehead atoms. The maximum absolute atomic E-state index is 10.6. The van der Waals surface area contributed by atoms with Crippen LogP contribution in [0.5, 0.6) is 0 Å². The predicted molar refractivity (Wildman–Crippen MR) is 39.5 cm³/mol. The van der Waals surface area contributed by atoms with Crippen LogP contribution in [0.3, 0.4) is 0 Å². The summed E-state index contributed by atoms with van der Waals surface area (Å²) in [6, 6.07) is 0. The predicted octanol–water partition coefficient (Wildman–Crippen LogP) is -0.00460. The first kappa shape index (κ1) is 9.07. The molecule has 4 nitrogen and oxygen atoms in total. The van der Waals surface area contributed by atoms with Gasteiger partial charge in [0, 0.05) is 0 Å². The second kappa shape index (κ2) is 3.59. The van der Waals surface area contributed by atoms with Crippen molar-refractivity contribution >= 4 is 8.03 Å². The molecule has 64 valence electrons. The topological polar surface area (TPSA) is 77.8 Å². The molecule has 1 saturated carbocycles. The summed E-state index contributed by atoms with van der Waals surface area (Å²) in [6.07, 6.45) is -0.0628. The lowest BCUT2D eigenvalue weighted by Gasteiger charge is -2.23. The van der Waals surface area contributed by atoms with E-state index in [1.54, 1.807) is 0 Å². The van der Waals surface area contributed by atoms with Crippen molar-refractivity contribution in [3.05, 3.63) is 0 Å². The van der Waals surface area contributed by atoms with Crippen molar-refractivity contribution in [2.24, 2.45) is 0 Å². The Hall–Kier alpha value is -0.0200. The van der Waals surface area contributed by atoms with E-state index in [2.05, 4.69) is 0 Å². The molecule has 1 fully saturated rings. The van der Waals surface area contributed by atoms with E-state index in [-0.39, 0.29) is 0 Å². The largest absolute Gasteiger partial charge is 0.511 e. The van der Waals surface area contributed by atoms with E-state index < -0.39 is 25.9 Å². The Morgan fingerprint density at radius 3 is 2.36 bits per heavy atom. The summed E-state index contributed by atoms with van der Waals surface area (Å²) in [5.41, 5.74) is -0.631. The van der Waals surface area contributed by atoms with Gasteiger partial charge < -0.3 is 10.2 Å². The summed E-state index contributed by atoms with van der Waals surface area (Å²) in [4.78, 5) is 8.70. The van der Waals surface area contributed by atoms with E-state index >= 15 is 0 Å². The molecule has 0 aromatic rings. The van der Waals surface area contributed by atoms with E-state index in [4.69, 9.17) is 10.00 Å². The molecule has 1 rings (SSSR count). The third kappa shape index (κ3) is 1.97. The van der Waals surface area contributed by atoms with Crippen LogP contribution in [0.15, 0.2) is 0 Å². The molecule has 3 N–H and O–H groups in total. The molecule has 4 unspecified atom stereocenters. The smallest absolute Gasteiger partial charge is 0.390 e. The lowest BCUT2D eigenvalue weighted by molar-refractivity contribution is -0.00721. The molecule has 1 aliphatic carbocycles. The van der Waals surface area contributed by atoms with Crippen molar-refractivity contribution in [3.8, 4) is 0 Å². The molecule has 0 aromatic carbocycles. The quantitative estimate of drug-likeness (QED) is 0.495. The van der Waals surface area contributed by atoms with Gasteiger partial charge in [0.15, 0.2) is 0 Å². The van der Waals surface area contributed by atoms with Crippen LogP contribution >= 0.6 is 8.03 Å². The highest BCUT2D eigenvalue weighted by Crippen LogP contribution is 2.35. The van der Waals surface area contributed by atoms with Crippen molar-refractivity contribution in [1.29, 1.82) is 0 Å². The van der Waals surface area contributed by atoms with Gasteiger partial charge in [0.05, 0.1) is 6.10 Å². The van der Waals surface area contributed by atoms with Gasteiger partial charge in [-0.3, -0.25) is 0 Å². The second-order valence-electron chi connectivity index (χ2n) is 2.86. The summed E-state index contributed by atoms with van der Waals surface area (Å²) in [5, 5.41) is 18.3. The number of aliphatic hydroxyl groups excluding tert-OH is 2. The molecule has 4 atom stereocenters. The van der Waals surface area contributed by atoms with Crippen molar-refractivity contribution in [1.82, 2.24) is 0 Å². The Kier molecular flexibility index (Phi) is 2.96. The third-order valence-corrected chi connectivity index (χ3v) is 3.20. The molecule has 0 aromatic heterocycles. The molecule has 1 aliphatic rings. The van der Waals surface area contributed by atoms with Gasteiger partial charge in [0.1, 0.15) is 6.10 Å². The maximum atomic E-state index is 10.6. The van der Waals surface area contributed by atoms with Crippen LogP contribution in [-0.2, 0) is 4.57 Å². The van der Waals surface area contributed by atoms with Crippen LogP contribution in [-0.4, -0.2) is 33.0 Å². The van der Waals surface area contributed by atoms with E-state index in [9.17, 15) is 9.67 Å². The van der Waals surface area contributed by atoms with Crippen molar-refractivity contribution < 1.29 is 19.7 Å². The Balaban J connectivity index is 2.58. The molecule has 0 saturated heterocycles. The SMILES string of the molecule is O=[P+](O)C1CCCC(O)C1O. The van der Waals surface area contributed by atoms with Gasteiger partial charge in [0.25, 0.3) is 0 Å². The fourth-order valence-electron chi connectivity index (χ4n) is 1.38. The Morgan fingerprint density at radius 2 is 1.91 bits per heavy atom. The lowest BCUT2D eigenvalue weighted by Crippen LogP contribution is -2.39. The standard InChI is InChI=1S/C6H11O4P/c7-4-2-1-3-5(6(4)8)11(9)10/h4-8H,1-3H2/p+1. The average Bonchev–Trinajstić information content (AvgIpc) is 1.94. The molecule has 0 aliphatic heterocycles.